The number of esters is 1. The third kappa shape index (κ3) is 5.49. The molecular weight excluding hydrogens is 470 g/mol. The van der Waals surface area contributed by atoms with Gasteiger partial charge in [0.15, 0.2) is 11.9 Å². The summed E-state index contributed by atoms with van der Waals surface area (Å²) in [5.41, 5.74) is 0.670. The van der Waals surface area contributed by atoms with Crippen molar-refractivity contribution in [3.63, 3.8) is 0 Å². The molecule has 180 valence electrons. The third-order valence-electron chi connectivity index (χ3n) is 5.12. The molecule has 0 amide bonds. The van der Waals surface area contributed by atoms with Crippen LogP contribution in [0.15, 0.2) is 82.5 Å². The van der Waals surface area contributed by atoms with Gasteiger partial charge in [0.1, 0.15) is 5.75 Å². The summed E-state index contributed by atoms with van der Waals surface area (Å²) >= 11 is 0. The van der Waals surface area contributed by atoms with Crippen LogP contribution < -0.4 is 15.0 Å². The average molecular weight is 494 g/mol. The van der Waals surface area contributed by atoms with Gasteiger partial charge >= 0.3 is 5.97 Å². The van der Waals surface area contributed by atoms with E-state index >= 15 is 0 Å². The number of carbonyl (C=O) groups excluding carboxylic acids is 1. The predicted octanol–water partition coefficient (Wildman–Crippen LogP) is 4.04. The lowest BCUT2D eigenvalue weighted by atomic mass is 10.2. The molecule has 0 spiro atoms. The minimum atomic E-state index is -3.82. The number of nitrogens with one attached hydrogen (secondary N) is 2. The fourth-order valence-electron chi connectivity index (χ4n) is 3.35. The Bertz CT molecular complexity index is 1510. The number of hydrogen-bond acceptors (Lipinski definition) is 7. The standard InChI is InChI=1S/C25H23N3O6S/c1-3-33-19-12-14-20(15-13-19)35(31,32)28-18-10-8-17(9-11-18)25(30)34-16(2)23-26-22-7-5-4-6-21(22)24(29)27-23/h4-16,28H,3H2,1-2H3,(H,26,27,29)/t16-/m1/s1. The number of fused-ring (bicyclic) bond motifs is 1. The van der Waals surface area contributed by atoms with Crippen molar-refractivity contribution < 1.29 is 22.7 Å². The zero-order valence-corrected chi connectivity index (χ0v) is 19.8. The van der Waals surface area contributed by atoms with Crippen molar-refractivity contribution in [3.8, 4) is 5.75 Å². The molecule has 0 saturated carbocycles. The molecule has 0 fully saturated rings. The fraction of sp³-hybridized carbons (Fsp3) is 0.160. The normalized spacial score (nSPS) is 12.2. The Morgan fingerprint density at radius 3 is 2.40 bits per heavy atom. The number of para-hydroxylation sites is 1. The van der Waals surface area contributed by atoms with E-state index in [2.05, 4.69) is 14.7 Å². The quantitative estimate of drug-likeness (QED) is 0.355. The second-order valence-electron chi connectivity index (χ2n) is 7.60. The Morgan fingerprint density at radius 2 is 1.71 bits per heavy atom. The first-order chi connectivity index (χ1) is 16.8. The maximum absolute atomic E-state index is 12.6. The van der Waals surface area contributed by atoms with Crippen LogP contribution in [0.1, 0.15) is 36.1 Å². The molecule has 9 nitrogen and oxygen atoms in total. The molecule has 10 heteroatoms. The van der Waals surface area contributed by atoms with Crippen LogP contribution in [-0.2, 0) is 14.8 Å². The van der Waals surface area contributed by atoms with Crippen molar-refractivity contribution in [3.05, 3.63) is 94.5 Å². The highest BCUT2D eigenvalue weighted by Crippen LogP contribution is 2.21. The van der Waals surface area contributed by atoms with Gasteiger partial charge in [-0.25, -0.2) is 18.2 Å². The molecule has 0 bridgehead atoms. The largest absolute Gasteiger partial charge is 0.494 e. The summed E-state index contributed by atoms with van der Waals surface area (Å²) in [6.45, 7) is 3.92. The lowest BCUT2D eigenvalue weighted by Gasteiger charge is -2.13. The molecule has 35 heavy (non-hydrogen) atoms. The van der Waals surface area contributed by atoms with Crippen LogP contribution in [0.25, 0.3) is 10.9 Å². The highest BCUT2D eigenvalue weighted by atomic mass is 32.2. The van der Waals surface area contributed by atoms with E-state index in [1.807, 2.05) is 6.92 Å². The van der Waals surface area contributed by atoms with Gasteiger partial charge in [-0.1, -0.05) is 12.1 Å². The number of ether oxygens (including phenoxy) is 2. The summed E-state index contributed by atoms with van der Waals surface area (Å²) in [5.74, 6) is 0.155. The minimum Gasteiger partial charge on any atom is -0.494 e. The van der Waals surface area contributed by atoms with Crippen LogP contribution in [0.4, 0.5) is 5.69 Å². The maximum atomic E-state index is 12.6. The summed E-state index contributed by atoms with van der Waals surface area (Å²) in [6, 6.07) is 18.7. The Labute approximate surface area is 201 Å². The van der Waals surface area contributed by atoms with Crippen molar-refractivity contribution in [2.24, 2.45) is 0 Å². The number of rotatable bonds is 8. The van der Waals surface area contributed by atoms with Gasteiger partial charge in [-0.15, -0.1) is 0 Å². The van der Waals surface area contributed by atoms with E-state index in [4.69, 9.17) is 9.47 Å². The smallest absolute Gasteiger partial charge is 0.338 e. The molecule has 1 aromatic heterocycles. The number of carbonyl (C=O) groups is 1. The van der Waals surface area contributed by atoms with Gasteiger partial charge in [0.05, 0.1) is 28.0 Å². The van der Waals surface area contributed by atoms with E-state index in [-0.39, 0.29) is 27.5 Å². The average Bonchev–Trinajstić information content (AvgIpc) is 2.85. The molecule has 4 aromatic rings. The highest BCUT2D eigenvalue weighted by molar-refractivity contribution is 7.92. The molecular formula is C25H23N3O6S. The molecule has 0 aliphatic heterocycles. The van der Waals surface area contributed by atoms with E-state index in [1.165, 1.54) is 36.4 Å². The maximum Gasteiger partial charge on any atom is 0.338 e. The second kappa shape index (κ2) is 9.98. The number of aromatic nitrogens is 2. The summed E-state index contributed by atoms with van der Waals surface area (Å²) in [6.07, 6.45) is -0.808. The molecule has 4 rings (SSSR count). The third-order valence-corrected chi connectivity index (χ3v) is 6.52. The van der Waals surface area contributed by atoms with E-state index in [1.54, 1.807) is 43.3 Å². The van der Waals surface area contributed by atoms with Gasteiger partial charge in [-0.3, -0.25) is 9.52 Å². The molecule has 1 heterocycles. The van der Waals surface area contributed by atoms with Crippen LogP contribution in [0.5, 0.6) is 5.75 Å². The number of H-pyrrole nitrogens is 1. The first-order valence-corrected chi connectivity index (χ1v) is 12.3. The summed E-state index contributed by atoms with van der Waals surface area (Å²) in [4.78, 5) is 31.9. The Balaban J connectivity index is 1.43. The van der Waals surface area contributed by atoms with Crippen molar-refractivity contribution in [2.75, 3.05) is 11.3 Å². The SMILES string of the molecule is CCOc1ccc(S(=O)(=O)Nc2ccc(C(=O)O[C@H](C)c3nc4ccccc4c(=O)[nH]3)cc2)cc1. The van der Waals surface area contributed by atoms with E-state index < -0.39 is 22.1 Å². The number of benzene rings is 3. The summed E-state index contributed by atoms with van der Waals surface area (Å²) in [7, 11) is -3.82. The zero-order chi connectivity index (χ0) is 25.0. The van der Waals surface area contributed by atoms with Gasteiger partial charge in [-0.05, 0) is 74.5 Å². The molecule has 0 aliphatic carbocycles. The van der Waals surface area contributed by atoms with Crippen molar-refractivity contribution in [2.45, 2.75) is 24.8 Å². The molecule has 0 aliphatic rings. The second-order valence-corrected chi connectivity index (χ2v) is 9.29. The van der Waals surface area contributed by atoms with Gasteiger partial charge in [0.25, 0.3) is 15.6 Å². The van der Waals surface area contributed by atoms with Crippen LogP contribution in [-0.4, -0.2) is 31.0 Å². The monoisotopic (exact) mass is 493 g/mol. The van der Waals surface area contributed by atoms with Gasteiger partial charge in [-0.2, -0.15) is 0 Å². The molecule has 3 aromatic carbocycles. The van der Waals surface area contributed by atoms with Crippen LogP contribution in [0.2, 0.25) is 0 Å². The molecule has 1 atom stereocenters. The number of nitrogens with zero attached hydrogens (tertiary/aromatic N) is 1. The van der Waals surface area contributed by atoms with E-state index in [9.17, 15) is 18.0 Å². The van der Waals surface area contributed by atoms with Gasteiger partial charge < -0.3 is 14.5 Å². The van der Waals surface area contributed by atoms with Crippen LogP contribution in [0, 0.1) is 0 Å². The lowest BCUT2D eigenvalue weighted by Crippen LogP contribution is -2.17. The predicted molar refractivity (Wildman–Crippen MR) is 131 cm³/mol. The van der Waals surface area contributed by atoms with E-state index in [0.717, 1.165) is 0 Å². The number of sulfonamides is 1. The highest BCUT2D eigenvalue weighted by Gasteiger charge is 2.18. The van der Waals surface area contributed by atoms with Gasteiger partial charge in [0.2, 0.25) is 0 Å². The molecule has 2 N–H and O–H groups in total. The van der Waals surface area contributed by atoms with Crippen molar-refractivity contribution in [1.29, 1.82) is 0 Å². The van der Waals surface area contributed by atoms with Gasteiger partial charge in [0, 0.05) is 5.69 Å². The summed E-state index contributed by atoms with van der Waals surface area (Å²) in [5, 5.41) is 0.443. The first kappa shape index (κ1) is 24.0. The topological polar surface area (TPSA) is 127 Å². The Hall–Kier alpha value is -4.18. The van der Waals surface area contributed by atoms with Crippen molar-refractivity contribution in [1.82, 2.24) is 9.97 Å². The number of aromatic amines is 1. The van der Waals surface area contributed by atoms with Crippen molar-refractivity contribution >= 4 is 32.6 Å². The zero-order valence-electron chi connectivity index (χ0n) is 19.0. The fourth-order valence-corrected chi connectivity index (χ4v) is 4.41. The Kier molecular flexibility index (Phi) is 6.83. The van der Waals surface area contributed by atoms with Crippen LogP contribution >= 0.6 is 0 Å². The Morgan fingerprint density at radius 1 is 1.03 bits per heavy atom. The first-order valence-electron chi connectivity index (χ1n) is 10.8. The molecule has 0 unspecified atom stereocenters. The lowest BCUT2D eigenvalue weighted by molar-refractivity contribution is 0.0320. The molecule has 0 radical (unpaired) electrons. The molecule has 0 saturated heterocycles. The summed E-state index contributed by atoms with van der Waals surface area (Å²) < 4.78 is 38.5. The number of anilines is 1. The van der Waals surface area contributed by atoms with Crippen LogP contribution in [0.3, 0.4) is 0 Å². The minimum absolute atomic E-state index is 0.0788. The van der Waals surface area contributed by atoms with E-state index in [0.29, 0.717) is 23.3 Å². The number of hydrogen-bond donors (Lipinski definition) is 2.